The van der Waals surface area contributed by atoms with Gasteiger partial charge in [0.2, 0.25) is 0 Å². The van der Waals surface area contributed by atoms with Crippen molar-refractivity contribution in [1.29, 1.82) is 0 Å². The van der Waals surface area contributed by atoms with Crippen molar-refractivity contribution in [1.82, 2.24) is 25.2 Å². The average molecular weight is 311 g/mol. The summed E-state index contributed by atoms with van der Waals surface area (Å²) in [4.78, 5) is 16.3. The lowest BCUT2D eigenvalue weighted by molar-refractivity contribution is 0.0600. The molecule has 116 valence electrons. The van der Waals surface area contributed by atoms with Crippen LogP contribution in [0.2, 0.25) is 0 Å². The van der Waals surface area contributed by atoms with E-state index in [4.69, 9.17) is 9.47 Å². The molecule has 0 aliphatic carbocycles. The van der Waals surface area contributed by atoms with Crippen molar-refractivity contribution in [3.8, 4) is 22.7 Å². The van der Waals surface area contributed by atoms with Crippen molar-refractivity contribution in [3.05, 3.63) is 48.4 Å². The van der Waals surface area contributed by atoms with E-state index in [1.54, 1.807) is 37.6 Å². The third-order valence-electron chi connectivity index (χ3n) is 3.22. The molecule has 0 aliphatic rings. The molecule has 1 aromatic carbocycles. The van der Waals surface area contributed by atoms with Gasteiger partial charge < -0.3 is 9.47 Å². The van der Waals surface area contributed by atoms with E-state index in [1.807, 2.05) is 6.07 Å². The highest BCUT2D eigenvalue weighted by Crippen LogP contribution is 2.29. The second-order valence-electron chi connectivity index (χ2n) is 4.57. The van der Waals surface area contributed by atoms with Gasteiger partial charge in [-0.05, 0) is 40.8 Å². The lowest BCUT2D eigenvalue weighted by atomic mass is 10.1. The molecule has 0 aliphatic heterocycles. The molecule has 0 bridgehead atoms. The predicted octanol–water partition coefficient (Wildman–Crippen LogP) is 1.52. The van der Waals surface area contributed by atoms with Gasteiger partial charge in [0.05, 0.1) is 25.5 Å². The number of nitrogens with zero attached hydrogens (tertiary/aromatic N) is 5. The van der Waals surface area contributed by atoms with E-state index in [0.717, 1.165) is 0 Å². The highest BCUT2D eigenvalue weighted by atomic mass is 16.5. The standard InChI is InChI=1S/C15H13N5O3/c1-22-13-4-3-5-16-14(13)10-6-11(15(21)23-2)8-12(7-10)20-9-17-18-19-20/h3-9H,1-2H3. The van der Waals surface area contributed by atoms with Crippen LogP contribution in [0.15, 0.2) is 42.9 Å². The van der Waals surface area contributed by atoms with E-state index < -0.39 is 5.97 Å². The quantitative estimate of drug-likeness (QED) is 0.674. The number of carbonyl (C=O) groups excluding carboxylic acids is 1. The van der Waals surface area contributed by atoms with Gasteiger partial charge in [0.25, 0.3) is 0 Å². The number of carbonyl (C=O) groups is 1. The Morgan fingerprint density at radius 3 is 2.78 bits per heavy atom. The molecular formula is C15H13N5O3. The summed E-state index contributed by atoms with van der Waals surface area (Å²) in [6.07, 6.45) is 3.09. The molecule has 23 heavy (non-hydrogen) atoms. The van der Waals surface area contributed by atoms with Crippen LogP contribution >= 0.6 is 0 Å². The Hall–Kier alpha value is -3.29. The second-order valence-corrected chi connectivity index (χ2v) is 4.57. The number of aromatic nitrogens is 5. The SMILES string of the molecule is COC(=O)c1cc(-c2ncccc2OC)cc(-n2cnnn2)c1. The van der Waals surface area contributed by atoms with Gasteiger partial charge in [-0.15, -0.1) is 5.10 Å². The van der Waals surface area contributed by atoms with E-state index >= 15 is 0 Å². The van der Waals surface area contributed by atoms with E-state index in [1.165, 1.54) is 18.1 Å². The van der Waals surface area contributed by atoms with Crippen LogP contribution in [0.5, 0.6) is 5.75 Å². The van der Waals surface area contributed by atoms with Gasteiger partial charge in [-0.2, -0.15) is 0 Å². The molecule has 0 radical (unpaired) electrons. The first kappa shape index (κ1) is 14.6. The Kier molecular flexibility index (Phi) is 3.96. The zero-order valence-corrected chi connectivity index (χ0v) is 12.5. The molecular weight excluding hydrogens is 298 g/mol. The fourth-order valence-corrected chi connectivity index (χ4v) is 2.17. The number of esters is 1. The summed E-state index contributed by atoms with van der Waals surface area (Å²) in [5.41, 5.74) is 2.27. The molecule has 0 atom stereocenters. The van der Waals surface area contributed by atoms with Gasteiger partial charge in [0, 0.05) is 11.8 Å². The van der Waals surface area contributed by atoms with E-state index in [0.29, 0.717) is 28.3 Å². The van der Waals surface area contributed by atoms with Crippen molar-refractivity contribution in [2.45, 2.75) is 0 Å². The monoisotopic (exact) mass is 311 g/mol. The Balaban J connectivity index is 2.20. The first-order chi connectivity index (χ1) is 11.2. The minimum Gasteiger partial charge on any atom is -0.494 e. The summed E-state index contributed by atoms with van der Waals surface area (Å²) in [5, 5.41) is 11.1. The Bertz CT molecular complexity index is 833. The largest absolute Gasteiger partial charge is 0.494 e. The number of tetrazole rings is 1. The Labute approximate surface area is 131 Å². The maximum atomic E-state index is 11.9. The van der Waals surface area contributed by atoms with Crippen LogP contribution in [0.1, 0.15) is 10.4 Å². The Morgan fingerprint density at radius 2 is 2.09 bits per heavy atom. The van der Waals surface area contributed by atoms with Gasteiger partial charge in [0.15, 0.2) is 0 Å². The highest BCUT2D eigenvalue weighted by molar-refractivity contribution is 5.92. The van der Waals surface area contributed by atoms with Gasteiger partial charge in [-0.1, -0.05) is 0 Å². The number of rotatable bonds is 4. The molecule has 8 nitrogen and oxygen atoms in total. The number of hydrogen-bond donors (Lipinski definition) is 0. The van der Waals surface area contributed by atoms with Crippen LogP contribution in [-0.2, 0) is 4.74 Å². The van der Waals surface area contributed by atoms with Crippen LogP contribution in [0.3, 0.4) is 0 Å². The van der Waals surface area contributed by atoms with Crippen LogP contribution in [0, 0.1) is 0 Å². The first-order valence-electron chi connectivity index (χ1n) is 6.69. The smallest absolute Gasteiger partial charge is 0.337 e. The van der Waals surface area contributed by atoms with Crippen LogP contribution in [0.25, 0.3) is 16.9 Å². The van der Waals surface area contributed by atoms with Crippen molar-refractivity contribution >= 4 is 5.97 Å². The maximum absolute atomic E-state index is 11.9. The topological polar surface area (TPSA) is 92.0 Å². The minimum absolute atomic E-state index is 0.364. The predicted molar refractivity (Wildman–Crippen MR) is 80.3 cm³/mol. The van der Waals surface area contributed by atoms with E-state index in [-0.39, 0.29) is 0 Å². The van der Waals surface area contributed by atoms with Crippen molar-refractivity contribution < 1.29 is 14.3 Å². The third kappa shape index (κ3) is 2.86. The van der Waals surface area contributed by atoms with Crippen LogP contribution in [0.4, 0.5) is 0 Å². The summed E-state index contributed by atoms with van der Waals surface area (Å²) >= 11 is 0. The summed E-state index contributed by atoms with van der Waals surface area (Å²) in [6, 6.07) is 8.71. The lowest BCUT2D eigenvalue weighted by Crippen LogP contribution is -2.05. The van der Waals surface area contributed by atoms with Gasteiger partial charge in [0.1, 0.15) is 17.8 Å². The fraction of sp³-hybridized carbons (Fsp3) is 0.133. The summed E-state index contributed by atoms with van der Waals surface area (Å²) in [6.45, 7) is 0. The second kappa shape index (κ2) is 6.22. The molecule has 0 amide bonds. The normalized spacial score (nSPS) is 10.3. The number of methoxy groups -OCH3 is 2. The highest BCUT2D eigenvalue weighted by Gasteiger charge is 2.14. The molecule has 2 heterocycles. The van der Waals surface area contributed by atoms with Gasteiger partial charge in [-0.3, -0.25) is 4.98 Å². The third-order valence-corrected chi connectivity index (χ3v) is 3.22. The molecule has 0 fully saturated rings. The molecule has 2 aromatic heterocycles. The molecule has 8 heteroatoms. The van der Waals surface area contributed by atoms with Crippen LogP contribution in [-0.4, -0.2) is 45.4 Å². The summed E-state index contributed by atoms with van der Waals surface area (Å²) < 4.78 is 11.6. The lowest BCUT2D eigenvalue weighted by Gasteiger charge is -2.10. The molecule has 3 rings (SSSR count). The van der Waals surface area contributed by atoms with Crippen molar-refractivity contribution in [2.24, 2.45) is 0 Å². The molecule has 0 N–H and O–H groups in total. The molecule has 0 unspecified atom stereocenters. The molecule has 0 saturated heterocycles. The summed E-state index contributed by atoms with van der Waals surface area (Å²) in [7, 11) is 2.89. The zero-order valence-electron chi connectivity index (χ0n) is 12.5. The first-order valence-corrected chi connectivity index (χ1v) is 6.69. The number of hydrogen-bond acceptors (Lipinski definition) is 7. The number of benzene rings is 1. The number of ether oxygens (including phenoxy) is 2. The molecule has 0 saturated carbocycles. The van der Waals surface area contributed by atoms with E-state index in [9.17, 15) is 4.79 Å². The van der Waals surface area contributed by atoms with Gasteiger partial charge in [-0.25, -0.2) is 9.48 Å². The van der Waals surface area contributed by atoms with Gasteiger partial charge >= 0.3 is 5.97 Å². The molecule has 3 aromatic rings. The minimum atomic E-state index is -0.462. The molecule has 0 spiro atoms. The van der Waals surface area contributed by atoms with E-state index in [2.05, 4.69) is 20.5 Å². The van der Waals surface area contributed by atoms with Crippen molar-refractivity contribution in [2.75, 3.05) is 14.2 Å². The maximum Gasteiger partial charge on any atom is 0.337 e. The number of pyridine rings is 1. The average Bonchev–Trinajstić information content (AvgIpc) is 3.15. The Morgan fingerprint density at radius 1 is 1.22 bits per heavy atom. The summed E-state index contributed by atoms with van der Waals surface area (Å²) in [5.74, 6) is 0.133. The van der Waals surface area contributed by atoms with Crippen LogP contribution < -0.4 is 4.74 Å². The zero-order chi connectivity index (χ0) is 16.2. The fourth-order valence-electron chi connectivity index (χ4n) is 2.17. The van der Waals surface area contributed by atoms with Crippen molar-refractivity contribution in [3.63, 3.8) is 0 Å².